The summed E-state index contributed by atoms with van der Waals surface area (Å²) in [7, 11) is 1.58. The average Bonchev–Trinajstić information content (AvgIpc) is 3.29. The van der Waals surface area contributed by atoms with Crippen molar-refractivity contribution in [3.63, 3.8) is 0 Å². The summed E-state index contributed by atoms with van der Waals surface area (Å²) < 4.78 is 34.8. The highest BCUT2D eigenvalue weighted by Gasteiger charge is 2.30. The fraction of sp³-hybridized carbons (Fsp3) is 0.250. The Balaban J connectivity index is 1.77. The molecule has 0 amide bonds. The molecular weight excluding hydrogens is 484 g/mol. The van der Waals surface area contributed by atoms with E-state index in [1.807, 2.05) is 22.8 Å². The van der Waals surface area contributed by atoms with Crippen LogP contribution in [0.5, 0.6) is 5.75 Å². The molecule has 5 nitrogen and oxygen atoms in total. The quantitative estimate of drug-likeness (QED) is 0.273. The van der Waals surface area contributed by atoms with Crippen LogP contribution in [-0.2, 0) is 12.0 Å². The molecule has 1 heterocycles. The molecule has 0 fully saturated rings. The summed E-state index contributed by atoms with van der Waals surface area (Å²) in [5, 5.41) is 13.4. The van der Waals surface area contributed by atoms with Crippen LogP contribution >= 0.6 is 11.6 Å². The van der Waals surface area contributed by atoms with E-state index in [1.165, 1.54) is 24.3 Å². The molecule has 1 atom stereocenters. The molecule has 0 aliphatic heterocycles. The Kier molecular flexibility index (Phi) is 7.33. The van der Waals surface area contributed by atoms with Gasteiger partial charge in [0.05, 0.1) is 30.5 Å². The van der Waals surface area contributed by atoms with Crippen molar-refractivity contribution in [2.24, 2.45) is 0 Å². The first kappa shape index (κ1) is 25.7. The zero-order chi connectivity index (χ0) is 26.0. The Bertz CT molecular complexity index is 1370. The average molecular weight is 512 g/mol. The predicted octanol–water partition coefficient (Wildman–Crippen LogP) is 6.80. The molecule has 4 aromatic rings. The molecule has 0 aliphatic carbocycles. The van der Waals surface area contributed by atoms with Gasteiger partial charge in [0.15, 0.2) is 0 Å². The standard InChI is InChI=1S/C28H28ClF2N3O2/c1-17(35)22-11-5-18(13-25(22)36-4)28(2,3)26-15-33-27(34(26)21-9-6-19(30)7-10-21)16-32-20-8-12-24(31)23(29)14-20/h5-15,17,32,35H,16H2,1-4H3. The molecule has 188 valence electrons. The van der Waals surface area contributed by atoms with Crippen LogP contribution in [0.15, 0.2) is 66.9 Å². The van der Waals surface area contributed by atoms with Gasteiger partial charge in [0.2, 0.25) is 0 Å². The number of hydrogen-bond acceptors (Lipinski definition) is 4. The predicted molar refractivity (Wildman–Crippen MR) is 138 cm³/mol. The third-order valence-corrected chi connectivity index (χ3v) is 6.63. The van der Waals surface area contributed by atoms with Gasteiger partial charge in [-0.15, -0.1) is 0 Å². The van der Waals surface area contributed by atoms with Crippen molar-refractivity contribution in [1.29, 1.82) is 0 Å². The molecule has 1 unspecified atom stereocenters. The number of hydrogen-bond donors (Lipinski definition) is 2. The van der Waals surface area contributed by atoms with Crippen LogP contribution < -0.4 is 10.1 Å². The highest BCUT2D eigenvalue weighted by atomic mass is 35.5. The summed E-state index contributed by atoms with van der Waals surface area (Å²) in [6.07, 6.45) is 1.13. The van der Waals surface area contributed by atoms with Crippen LogP contribution in [0.4, 0.5) is 14.5 Å². The van der Waals surface area contributed by atoms with Crippen molar-refractivity contribution in [2.75, 3.05) is 12.4 Å². The fourth-order valence-electron chi connectivity index (χ4n) is 4.21. The normalized spacial score (nSPS) is 12.4. The van der Waals surface area contributed by atoms with Crippen LogP contribution in [0, 0.1) is 11.6 Å². The number of nitrogens with one attached hydrogen (secondary N) is 1. The lowest BCUT2D eigenvalue weighted by Gasteiger charge is -2.28. The van der Waals surface area contributed by atoms with E-state index >= 15 is 0 Å². The molecule has 8 heteroatoms. The summed E-state index contributed by atoms with van der Waals surface area (Å²) in [5.74, 6) is 0.450. The first-order chi connectivity index (χ1) is 17.1. The SMILES string of the molecule is COc1cc(C(C)(C)c2cnc(CNc3ccc(F)c(Cl)c3)n2-c2ccc(F)cc2)ccc1C(C)O. The summed E-state index contributed by atoms with van der Waals surface area (Å²) in [5.41, 5.74) is 3.38. The zero-order valence-corrected chi connectivity index (χ0v) is 21.3. The Labute approximate surface area is 214 Å². The van der Waals surface area contributed by atoms with E-state index in [0.29, 0.717) is 29.4 Å². The monoisotopic (exact) mass is 511 g/mol. The summed E-state index contributed by atoms with van der Waals surface area (Å²) in [6, 6.07) is 16.4. The van der Waals surface area contributed by atoms with Gasteiger partial charge in [-0.25, -0.2) is 13.8 Å². The van der Waals surface area contributed by atoms with Gasteiger partial charge in [0.25, 0.3) is 0 Å². The molecule has 4 rings (SSSR count). The minimum Gasteiger partial charge on any atom is -0.496 e. The van der Waals surface area contributed by atoms with Crippen LogP contribution in [0.25, 0.3) is 5.69 Å². The number of aliphatic hydroxyl groups excluding tert-OH is 1. The Morgan fingerprint density at radius 1 is 1.08 bits per heavy atom. The molecular formula is C28H28ClF2N3O2. The van der Waals surface area contributed by atoms with Crippen LogP contribution in [-0.4, -0.2) is 21.8 Å². The molecule has 1 aromatic heterocycles. The highest BCUT2D eigenvalue weighted by molar-refractivity contribution is 6.31. The number of methoxy groups -OCH3 is 1. The fourth-order valence-corrected chi connectivity index (χ4v) is 4.39. The first-order valence-corrected chi connectivity index (χ1v) is 11.9. The molecule has 0 bridgehead atoms. The van der Waals surface area contributed by atoms with Gasteiger partial charge >= 0.3 is 0 Å². The van der Waals surface area contributed by atoms with Crippen molar-refractivity contribution in [3.8, 4) is 11.4 Å². The second-order valence-corrected chi connectivity index (χ2v) is 9.52. The second-order valence-electron chi connectivity index (χ2n) is 9.11. The van der Waals surface area contributed by atoms with Crippen molar-refractivity contribution < 1.29 is 18.6 Å². The number of ether oxygens (including phenoxy) is 1. The number of aliphatic hydroxyl groups is 1. The van der Waals surface area contributed by atoms with Crippen molar-refractivity contribution in [1.82, 2.24) is 9.55 Å². The third kappa shape index (κ3) is 5.08. The van der Waals surface area contributed by atoms with Gasteiger partial charge in [-0.3, -0.25) is 4.57 Å². The van der Waals surface area contributed by atoms with E-state index in [-0.39, 0.29) is 10.8 Å². The van der Waals surface area contributed by atoms with Crippen LogP contribution in [0.3, 0.4) is 0 Å². The maximum absolute atomic E-state index is 13.7. The van der Waals surface area contributed by atoms with E-state index in [1.54, 1.807) is 38.4 Å². The smallest absolute Gasteiger partial charge is 0.141 e. The largest absolute Gasteiger partial charge is 0.496 e. The van der Waals surface area contributed by atoms with Gasteiger partial charge in [-0.1, -0.05) is 37.6 Å². The number of halogens is 3. The number of anilines is 1. The zero-order valence-electron chi connectivity index (χ0n) is 20.5. The minimum absolute atomic E-state index is 0.0262. The molecule has 0 spiro atoms. The van der Waals surface area contributed by atoms with Crippen molar-refractivity contribution >= 4 is 17.3 Å². The van der Waals surface area contributed by atoms with E-state index in [4.69, 9.17) is 16.3 Å². The molecule has 2 N–H and O–H groups in total. The van der Waals surface area contributed by atoms with Crippen molar-refractivity contribution in [3.05, 3.63) is 106 Å². The molecule has 0 radical (unpaired) electrons. The van der Waals surface area contributed by atoms with Crippen LogP contribution in [0.2, 0.25) is 5.02 Å². The molecule has 0 saturated carbocycles. The van der Waals surface area contributed by atoms with Gasteiger partial charge in [0.1, 0.15) is 23.2 Å². The number of rotatable bonds is 8. The molecule has 36 heavy (non-hydrogen) atoms. The van der Waals surface area contributed by atoms with Gasteiger partial charge in [-0.05, 0) is 61.0 Å². The Morgan fingerprint density at radius 3 is 2.44 bits per heavy atom. The summed E-state index contributed by atoms with van der Waals surface area (Å²) in [4.78, 5) is 4.68. The van der Waals surface area contributed by atoms with E-state index in [0.717, 1.165) is 16.9 Å². The lowest BCUT2D eigenvalue weighted by molar-refractivity contribution is 0.194. The molecule has 0 saturated heterocycles. The maximum Gasteiger partial charge on any atom is 0.141 e. The Morgan fingerprint density at radius 2 is 1.81 bits per heavy atom. The summed E-state index contributed by atoms with van der Waals surface area (Å²) >= 11 is 5.93. The number of aromatic nitrogens is 2. The van der Waals surface area contributed by atoms with E-state index in [2.05, 4.69) is 24.1 Å². The Hall–Kier alpha value is -3.42. The topological polar surface area (TPSA) is 59.3 Å². The molecule has 3 aromatic carbocycles. The maximum atomic E-state index is 13.7. The number of imidazole rings is 1. The number of nitrogens with zero attached hydrogens (tertiary/aromatic N) is 2. The van der Waals surface area contributed by atoms with Gasteiger partial charge in [-0.2, -0.15) is 0 Å². The lowest BCUT2D eigenvalue weighted by Crippen LogP contribution is -2.24. The number of benzene rings is 3. The highest BCUT2D eigenvalue weighted by Crippen LogP contribution is 2.37. The first-order valence-electron chi connectivity index (χ1n) is 11.5. The lowest BCUT2D eigenvalue weighted by atomic mass is 9.80. The minimum atomic E-state index is -0.667. The van der Waals surface area contributed by atoms with Gasteiger partial charge in [0, 0.05) is 28.6 Å². The van der Waals surface area contributed by atoms with Crippen molar-refractivity contribution in [2.45, 2.75) is 38.8 Å². The third-order valence-electron chi connectivity index (χ3n) is 6.34. The van der Waals surface area contributed by atoms with E-state index < -0.39 is 17.3 Å². The second kappa shape index (κ2) is 10.3. The van der Waals surface area contributed by atoms with Gasteiger partial charge < -0.3 is 15.2 Å². The van der Waals surface area contributed by atoms with E-state index in [9.17, 15) is 13.9 Å². The summed E-state index contributed by atoms with van der Waals surface area (Å²) in [6.45, 7) is 6.15. The van der Waals surface area contributed by atoms with Crippen LogP contribution in [0.1, 0.15) is 49.5 Å². The molecule has 0 aliphatic rings.